The van der Waals surface area contributed by atoms with Gasteiger partial charge in [-0.1, -0.05) is 0 Å². The van der Waals surface area contributed by atoms with E-state index in [4.69, 9.17) is 9.47 Å². The van der Waals surface area contributed by atoms with Crippen molar-refractivity contribution in [3.63, 3.8) is 0 Å². The van der Waals surface area contributed by atoms with E-state index in [1.165, 1.54) is 16.0 Å². The fourth-order valence-electron chi connectivity index (χ4n) is 1.99. The molecule has 104 valence electrons. The number of methoxy groups -OCH3 is 1. The van der Waals surface area contributed by atoms with E-state index in [9.17, 15) is 4.79 Å². The van der Waals surface area contributed by atoms with E-state index in [1.54, 1.807) is 29.8 Å². The lowest BCUT2D eigenvalue weighted by molar-refractivity contribution is 0.0528. The largest absolute Gasteiger partial charge is 0.494 e. The molecule has 3 nitrogen and oxygen atoms in total. The lowest BCUT2D eigenvalue weighted by Crippen LogP contribution is -2.04. The molecule has 0 spiro atoms. The van der Waals surface area contributed by atoms with Crippen LogP contribution in [-0.4, -0.2) is 19.7 Å². The van der Waals surface area contributed by atoms with Crippen LogP contribution in [0.5, 0.6) is 5.75 Å². The van der Waals surface area contributed by atoms with Crippen molar-refractivity contribution in [1.82, 2.24) is 0 Å². The van der Waals surface area contributed by atoms with Crippen molar-refractivity contribution in [3.05, 3.63) is 28.5 Å². The van der Waals surface area contributed by atoms with Gasteiger partial charge < -0.3 is 9.47 Å². The number of hydrogen-bond acceptors (Lipinski definition) is 6. The molecule has 0 aliphatic carbocycles. The van der Waals surface area contributed by atoms with Crippen molar-refractivity contribution in [3.8, 4) is 15.5 Å². The highest BCUT2D eigenvalue weighted by atomic mass is 32.1. The summed E-state index contributed by atoms with van der Waals surface area (Å²) >= 11 is 4.84. The first-order valence-electron chi connectivity index (χ1n) is 6.05. The summed E-state index contributed by atoms with van der Waals surface area (Å²) < 4.78 is 13.0. The van der Waals surface area contributed by atoms with Crippen LogP contribution in [-0.2, 0) is 4.74 Å². The van der Waals surface area contributed by atoms with Crippen LogP contribution in [0.2, 0.25) is 0 Å². The lowest BCUT2D eigenvalue weighted by atomic mass is 10.2. The van der Waals surface area contributed by atoms with E-state index in [0.29, 0.717) is 12.2 Å². The second-order valence-electron chi connectivity index (χ2n) is 3.96. The molecule has 3 rings (SSSR count). The van der Waals surface area contributed by atoms with Crippen molar-refractivity contribution in [1.29, 1.82) is 0 Å². The minimum absolute atomic E-state index is 0.275. The van der Waals surface area contributed by atoms with Gasteiger partial charge in [-0.05, 0) is 29.8 Å². The molecule has 0 aliphatic heterocycles. The Morgan fingerprint density at radius 1 is 1.20 bits per heavy atom. The van der Waals surface area contributed by atoms with Gasteiger partial charge >= 0.3 is 5.97 Å². The third-order valence-electron chi connectivity index (χ3n) is 2.82. The minimum atomic E-state index is -0.275. The first-order valence-corrected chi connectivity index (χ1v) is 8.62. The van der Waals surface area contributed by atoms with E-state index in [-0.39, 0.29) is 5.97 Å². The first kappa shape index (κ1) is 13.6. The van der Waals surface area contributed by atoms with Crippen LogP contribution < -0.4 is 4.74 Å². The van der Waals surface area contributed by atoms with Crippen LogP contribution in [0.25, 0.3) is 19.2 Å². The fraction of sp³-hybridized carbons (Fsp3) is 0.214. The Kier molecular flexibility index (Phi) is 3.78. The Bertz CT molecular complexity index is 751. The van der Waals surface area contributed by atoms with E-state index in [0.717, 1.165) is 20.2 Å². The molecule has 0 N–H and O–H groups in total. The third-order valence-corrected chi connectivity index (χ3v) is 6.08. The van der Waals surface area contributed by atoms with Crippen LogP contribution in [0.1, 0.15) is 17.3 Å². The van der Waals surface area contributed by atoms with Crippen molar-refractivity contribution < 1.29 is 14.3 Å². The van der Waals surface area contributed by atoms with E-state index < -0.39 is 0 Å². The minimum Gasteiger partial charge on any atom is -0.494 e. The average molecular weight is 324 g/mol. The van der Waals surface area contributed by atoms with Crippen molar-refractivity contribution >= 4 is 49.4 Å². The van der Waals surface area contributed by atoms with Crippen molar-refractivity contribution in [2.24, 2.45) is 0 Å². The maximum atomic E-state index is 12.0. The highest BCUT2D eigenvalue weighted by Gasteiger charge is 2.22. The summed E-state index contributed by atoms with van der Waals surface area (Å²) in [4.78, 5) is 13.9. The number of thiophene rings is 3. The summed E-state index contributed by atoms with van der Waals surface area (Å²) in [5.41, 5.74) is 0.615. The topological polar surface area (TPSA) is 35.5 Å². The van der Waals surface area contributed by atoms with Gasteiger partial charge in [0.2, 0.25) is 0 Å². The summed E-state index contributed by atoms with van der Waals surface area (Å²) in [5.74, 6) is 0.579. The summed E-state index contributed by atoms with van der Waals surface area (Å²) in [6.45, 7) is 2.19. The lowest BCUT2D eigenvalue weighted by Gasteiger charge is -2.04. The van der Waals surface area contributed by atoms with E-state index >= 15 is 0 Å². The molecule has 20 heavy (non-hydrogen) atoms. The molecule has 0 saturated carbocycles. The highest BCUT2D eigenvalue weighted by Crippen LogP contribution is 2.49. The number of rotatable bonds is 4. The zero-order valence-electron chi connectivity index (χ0n) is 11.0. The molecule has 3 aromatic rings. The third kappa shape index (κ3) is 2.13. The van der Waals surface area contributed by atoms with Crippen LogP contribution in [0, 0.1) is 0 Å². The summed E-state index contributed by atoms with van der Waals surface area (Å²) in [6, 6.07) is 3.89. The smallest absolute Gasteiger partial charge is 0.339 e. The summed E-state index contributed by atoms with van der Waals surface area (Å²) in [5, 5.41) is 3.96. The number of fused-ring (bicyclic) bond motifs is 1. The second kappa shape index (κ2) is 5.55. The molecule has 0 fully saturated rings. The Morgan fingerprint density at radius 3 is 2.75 bits per heavy atom. The molecule has 3 aromatic heterocycles. The predicted molar refractivity (Wildman–Crippen MR) is 85.5 cm³/mol. The van der Waals surface area contributed by atoms with Gasteiger partial charge in [-0.25, -0.2) is 4.79 Å². The SMILES string of the molecule is CCOC(=O)c1ccsc1-c1sc2ccsc2c1OC. The van der Waals surface area contributed by atoms with E-state index in [1.807, 2.05) is 23.8 Å². The Hall–Kier alpha value is -1.37. The van der Waals surface area contributed by atoms with Gasteiger partial charge in [0, 0.05) is 4.70 Å². The molecular weight excluding hydrogens is 312 g/mol. The molecule has 6 heteroatoms. The maximum absolute atomic E-state index is 12.0. The number of hydrogen-bond donors (Lipinski definition) is 0. The maximum Gasteiger partial charge on any atom is 0.339 e. The van der Waals surface area contributed by atoms with Crippen LogP contribution in [0.15, 0.2) is 22.9 Å². The van der Waals surface area contributed by atoms with Crippen molar-refractivity contribution in [2.75, 3.05) is 13.7 Å². The average Bonchev–Trinajstić information content (AvgIpc) is 3.12. The van der Waals surface area contributed by atoms with Gasteiger partial charge in [-0.3, -0.25) is 0 Å². The fourth-order valence-corrected chi connectivity index (χ4v) is 5.34. The molecule has 0 aliphatic rings. The van der Waals surface area contributed by atoms with Crippen LogP contribution in [0.3, 0.4) is 0 Å². The molecule has 0 atom stereocenters. The molecule has 0 bridgehead atoms. The molecule has 0 saturated heterocycles. The van der Waals surface area contributed by atoms with Crippen LogP contribution in [0.4, 0.5) is 0 Å². The van der Waals surface area contributed by atoms with E-state index in [2.05, 4.69) is 6.07 Å². The van der Waals surface area contributed by atoms with Crippen LogP contribution >= 0.6 is 34.0 Å². The van der Waals surface area contributed by atoms with Gasteiger partial charge in [0.05, 0.1) is 33.7 Å². The first-order chi connectivity index (χ1) is 9.76. The quantitative estimate of drug-likeness (QED) is 0.642. The van der Waals surface area contributed by atoms with Gasteiger partial charge in [-0.2, -0.15) is 0 Å². The standard InChI is InChI=1S/C14H12O3S3/c1-3-17-14(15)8-4-6-18-11(8)13-10(16-2)12-9(20-13)5-7-19-12/h4-7H,3H2,1-2H3. The van der Waals surface area contributed by atoms with Gasteiger partial charge in [-0.15, -0.1) is 34.0 Å². The number of carbonyl (C=O) groups excluding carboxylic acids is 1. The number of carbonyl (C=O) groups is 1. The molecule has 0 amide bonds. The summed E-state index contributed by atoms with van der Waals surface area (Å²) in [6.07, 6.45) is 0. The molecule has 0 unspecified atom stereocenters. The zero-order valence-corrected chi connectivity index (χ0v) is 13.4. The normalized spacial score (nSPS) is 10.9. The number of ether oxygens (including phenoxy) is 2. The monoisotopic (exact) mass is 324 g/mol. The Labute approximate surface area is 128 Å². The summed E-state index contributed by atoms with van der Waals surface area (Å²) in [7, 11) is 1.67. The molecule has 3 heterocycles. The second-order valence-corrected chi connectivity index (χ2v) is 6.85. The highest BCUT2D eigenvalue weighted by molar-refractivity contribution is 7.31. The number of esters is 1. The van der Waals surface area contributed by atoms with Gasteiger partial charge in [0.15, 0.2) is 5.75 Å². The molecule has 0 aromatic carbocycles. The van der Waals surface area contributed by atoms with Crippen molar-refractivity contribution in [2.45, 2.75) is 6.92 Å². The molecular formula is C14H12O3S3. The Balaban J connectivity index is 2.14. The van der Waals surface area contributed by atoms with Gasteiger partial charge in [0.1, 0.15) is 0 Å². The predicted octanol–water partition coefficient (Wildman–Crippen LogP) is 4.88. The molecule has 0 radical (unpaired) electrons. The zero-order chi connectivity index (χ0) is 14.1. The van der Waals surface area contributed by atoms with Gasteiger partial charge in [0.25, 0.3) is 0 Å². The Morgan fingerprint density at radius 2 is 2.00 bits per heavy atom.